The molecule has 29 heavy (non-hydrogen) atoms. The maximum absolute atomic E-state index is 13.8. The minimum absolute atomic E-state index is 0.103. The van der Waals surface area contributed by atoms with Crippen LogP contribution >= 0.6 is 0 Å². The van der Waals surface area contributed by atoms with Gasteiger partial charge in [0.2, 0.25) is 0 Å². The quantitative estimate of drug-likeness (QED) is 0.526. The monoisotopic (exact) mass is 399 g/mol. The van der Waals surface area contributed by atoms with Gasteiger partial charge in [0.15, 0.2) is 5.96 Å². The van der Waals surface area contributed by atoms with E-state index >= 15 is 0 Å². The molecule has 156 valence electrons. The number of aryl methyl sites for hydroxylation is 1. The van der Waals surface area contributed by atoms with Crippen molar-refractivity contribution in [3.8, 4) is 5.75 Å². The second-order valence-electron chi connectivity index (χ2n) is 7.18. The van der Waals surface area contributed by atoms with Crippen molar-refractivity contribution in [2.24, 2.45) is 4.99 Å². The van der Waals surface area contributed by atoms with Crippen LogP contribution in [-0.4, -0.2) is 38.4 Å². The minimum Gasteiger partial charge on any atom is -0.488 e. The number of rotatable bonds is 8. The van der Waals surface area contributed by atoms with E-state index in [0.29, 0.717) is 37.6 Å². The van der Waals surface area contributed by atoms with Crippen LogP contribution < -0.4 is 15.4 Å². The molecule has 2 aromatic carbocycles. The molecule has 1 atom stereocenters. The molecule has 0 bridgehead atoms. The van der Waals surface area contributed by atoms with Gasteiger partial charge in [0.05, 0.1) is 19.8 Å². The predicted molar refractivity (Wildman–Crippen MR) is 114 cm³/mol. The first-order valence-electron chi connectivity index (χ1n) is 10.2. The molecule has 6 heteroatoms. The summed E-state index contributed by atoms with van der Waals surface area (Å²) in [6.07, 6.45) is 1.61. The molecule has 0 saturated carbocycles. The molecule has 0 aliphatic carbocycles. The Hall–Kier alpha value is -2.60. The van der Waals surface area contributed by atoms with E-state index in [0.717, 1.165) is 36.4 Å². The van der Waals surface area contributed by atoms with Gasteiger partial charge in [0, 0.05) is 25.1 Å². The first kappa shape index (κ1) is 21.1. The van der Waals surface area contributed by atoms with Crippen LogP contribution in [0.4, 0.5) is 4.39 Å². The lowest BCUT2D eigenvalue weighted by atomic mass is 10.1. The lowest BCUT2D eigenvalue weighted by Crippen LogP contribution is -2.38. The Labute approximate surface area is 172 Å². The summed E-state index contributed by atoms with van der Waals surface area (Å²) in [5, 5.41) is 6.52. The van der Waals surface area contributed by atoms with Crippen LogP contribution in [0.2, 0.25) is 0 Å². The number of ether oxygens (including phenoxy) is 2. The molecule has 1 heterocycles. The van der Waals surface area contributed by atoms with Crippen molar-refractivity contribution >= 4 is 5.96 Å². The molecule has 2 aromatic rings. The van der Waals surface area contributed by atoms with E-state index in [4.69, 9.17) is 14.5 Å². The maximum Gasteiger partial charge on any atom is 0.191 e. The maximum atomic E-state index is 13.8. The van der Waals surface area contributed by atoms with E-state index in [-0.39, 0.29) is 11.9 Å². The van der Waals surface area contributed by atoms with Crippen molar-refractivity contribution in [2.75, 3.05) is 26.3 Å². The Kier molecular flexibility index (Phi) is 7.87. The Morgan fingerprint density at radius 2 is 2.07 bits per heavy atom. The molecule has 2 N–H and O–H groups in total. The number of hydrogen-bond acceptors (Lipinski definition) is 3. The molecule has 1 unspecified atom stereocenters. The van der Waals surface area contributed by atoms with Gasteiger partial charge in [-0.25, -0.2) is 9.38 Å². The molecule has 0 spiro atoms. The van der Waals surface area contributed by atoms with Gasteiger partial charge < -0.3 is 20.1 Å². The van der Waals surface area contributed by atoms with Crippen LogP contribution in [0.5, 0.6) is 5.75 Å². The van der Waals surface area contributed by atoms with Gasteiger partial charge in [-0.15, -0.1) is 0 Å². The predicted octanol–water partition coefficient (Wildman–Crippen LogP) is 3.60. The lowest BCUT2D eigenvalue weighted by Gasteiger charge is -2.16. The zero-order valence-electron chi connectivity index (χ0n) is 17.2. The standard InChI is InChI=1S/C23H30FN3O2/c1-3-25-23(26-12-10-18-6-4-5-7-21(18)24)27-15-19-9-8-17(2)14-22(19)29-20-11-13-28-16-20/h4-9,14,20H,3,10-13,15-16H2,1-2H3,(H2,25,26,27). The summed E-state index contributed by atoms with van der Waals surface area (Å²) in [5.41, 5.74) is 2.89. The van der Waals surface area contributed by atoms with Crippen molar-refractivity contribution in [3.05, 3.63) is 65.0 Å². The summed E-state index contributed by atoms with van der Waals surface area (Å²) in [6.45, 7) is 7.31. The number of benzene rings is 2. The molecule has 3 rings (SSSR count). The molecule has 1 aliphatic heterocycles. The van der Waals surface area contributed by atoms with Crippen LogP contribution in [0, 0.1) is 12.7 Å². The minimum atomic E-state index is -0.173. The summed E-state index contributed by atoms with van der Waals surface area (Å²) in [5.74, 6) is 1.40. The van der Waals surface area contributed by atoms with Crippen LogP contribution in [0.15, 0.2) is 47.5 Å². The van der Waals surface area contributed by atoms with Crippen LogP contribution in [0.1, 0.15) is 30.0 Å². The van der Waals surface area contributed by atoms with Gasteiger partial charge in [-0.05, 0) is 43.5 Å². The molecular weight excluding hydrogens is 369 g/mol. The fourth-order valence-electron chi connectivity index (χ4n) is 3.21. The zero-order chi connectivity index (χ0) is 20.5. The van der Waals surface area contributed by atoms with E-state index in [1.54, 1.807) is 6.07 Å². The Morgan fingerprint density at radius 1 is 1.21 bits per heavy atom. The molecule has 1 fully saturated rings. The number of nitrogens with zero attached hydrogens (tertiary/aromatic N) is 1. The third kappa shape index (κ3) is 6.46. The highest BCUT2D eigenvalue weighted by molar-refractivity contribution is 5.79. The van der Waals surface area contributed by atoms with E-state index in [1.165, 1.54) is 6.07 Å². The topological polar surface area (TPSA) is 54.9 Å². The SMILES string of the molecule is CCNC(=NCc1ccc(C)cc1OC1CCOC1)NCCc1ccccc1F. The number of hydrogen-bond donors (Lipinski definition) is 2. The Morgan fingerprint density at radius 3 is 2.83 bits per heavy atom. The third-order valence-electron chi connectivity index (χ3n) is 4.80. The fraction of sp³-hybridized carbons (Fsp3) is 0.435. The summed E-state index contributed by atoms with van der Waals surface area (Å²) in [4.78, 5) is 4.69. The van der Waals surface area contributed by atoms with Crippen molar-refractivity contribution in [1.82, 2.24) is 10.6 Å². The van der Waals surface area contributed by atoms with Crippen molar-refractivity contribution in [2.45, 2.75) is 39.3 Å². The largest absolute Gasteiger partial charge is 0.488 e. The normalized spacial score (nSPS) is 16.7. The zero-order valence-corrected chi connectivity index (χ0v) is 17.2. The summed E-state index contributed by atoms with van der Waals surface area (Å²) in [7, 11) is 0. The molecule has 5 nitrogen and oxygen atoms in total. The highest BCUT2D eigenvalue weighted by atomic mass is 19.1. The van der Waals surface area contributed by atoms with E-state index in [2.05, 4.69) is 35.8 Å². The number of aliphatic imine (C=N–C) groups is 1. The fourth-order valence-corrected chi connectivity index (χ4v) is 3.21. The molecular formula is C23H30FN3O2. The van der Waals surface area contributed by atoms with Crippen molar-refractivity contribution in [3.63, 3.8) is 0 Å². The smallest absolute Gasteiger partial charge is 0.191 e. The lowest BCUT2D eigenvalue weighted by molar-refractivity contribution is 0.140. The molecule has 0 aromatic heterocycles. The molecule has 0 amide bonds. The van der Waals surface area contributed by atoms with Crippen LogP contribution in [0.25, 0.3) is 0 Å². The van der Waals surface area contributed by atoms with Gasteiger partial charge in [-0.1, -0.05) is 30.3 Å². The first-order chi connectivity index (χ1) is 14.2. The summed E-state index contributed by atoms with van der Waals surface area (Å²) < 4.78 is 25.4. The first-order valence-corrected chi connectivity index (χ1v) is 10.2. The van der Waals surface area contributed by atoms with Crippen LogP contribution in [0.3, 0.4) is 0 Å². The summed E-state index contributed by atoms with van der Waals surface area (Å²) >= 11 is 0. The Bertz CT molecular complexity index is 820. The Balaban J connectivity index is 1.62. The number of nitrogens with one attached hydrogen (secondary N) is 2. The van der Waals surface area contributed by atoms with Crippen molar-refractivity contribution in [1.29, 1.82) is 0 Å². The average molecular weight is 400 g/mol. The molecule has 1 aliphatic rings. The second-order valence-corrected chi connectivity index (χ2v) is 7.18. The summed E-state index contributed by atoms with van der Waals surface area (Å²) in [6, 6.07) is 13.0. The average Bonchev–Trinajstić information content (AvgIpc) is 3.22. The highest BCUT2D eigenvalue weighted by Gasteiger charge is 2.18. The molecule has 1 saturated heterocycles. The van der Waals surface area contributed by atoms with E-state index in [9.17, 15) is 4.39 Å². The van der Waals surface area contributed by atoms with E-state index in [1.807, 2.05) is 19.1 Å². The van der Waals surface area contributed by atoms with Gasteiger partial charge in [0.1, 0.15) is 17.7 Å². The molecule has 0 radical (unpaired) electrons. The third-order valence-corrected chi connectivity index (χ3v) is 4.80. The van der Waals surface area contributed by atoms with Gasteiger partial charge in [0.25, 0.3) is 0 Å². The van der Waals surface area contributed by atoms with Gasteiger partial charge in [-0.3, -0.25) is 0 Å². The van der Waals surface area contributed by atoms with E-state index < -0.39 is 0 Å². The van der Waals surface area contributed by atoms with Crippen LogP contribution in [-0.2, 0) is 17.7 Å². The van der Waals surface area contributed by atoms with Crippen molar-refractivity contribution < 1.29 is 13.9 Å². The second kappa shape index (κ2) is 10.8. The highest BCUT2D eigenvalue weighted by Crippen LogP contribution is 2.24. The number of halogens is 1. The number of guanidine groups is 1. The van der Waals surface area contributed by atoms with Gasteiger partial charge in [-0.2, -0.15) is 0 Å². The van der Waals surface area contributed by atoms with Gasteiger partial charge >= 0.3 is 0 Å².